The Labute approximate surface area is 139 Å². The van der Waals surface area contributed by atoms with Crippen LogP contribution in [0.15, 0.2) is 47.4 Å². The van der Waals surface area contributed by atoms with Crippen LogP contribution in [0.3, 0.4) is 0 Å². The molecule has 3 rings (SSSR count). The highest BCUT2D eigenvalue weighted by Gasteiger charge is 2.30. The average molecular weight is 376 g/mol. The first-order valence-electron chi connectivity index (χ1n) is 6.50. The summed E-state index contributed by atoms with van der Waals surface area (Å²) in [6, 6.07) is 8.45. The summed E-state index contributed by atoms with van der Waals surface area (Å²) in [6.45, 7) is 0. The van der Waals surface area contributed by atoms with Gasteiger partial charge in [-0.05, 0) is 36.4 Å². The van der Waals surface area contributed by atoms with Crippen LogP contribution in [-0.4, -0.2) is 18.4 Å². The van der Waals surface area contributed by atoms with Crippen molar-refractivity contribution in [1.29, 1.82) is 0 Å². The number of imidazole rings is 1. The Bertz CT molecular complexity index is 1020. The molecular weight excluding hydrogens is 367 g/mol. The molecule has 126 valence electrons. The molecule has 1 aromatic heterocycles. The van der Waals surface area contributed by atoms with Crippen molar-refractivity contribution < 1.29 is 21.6 Å². The molecule has 0 saturated heterocycles. The van der Waals surface area contributed by atoms with Gasteiger partial charge >= 0.3 is 6.18 Å². The minimum atomic E-state index is -4.50. The first-order valence-corrected chi connectivity index (χ1v) is 8.37. The van der Waals surface area contributed by atoms with Gasteiger partial charge in [-0.2, -0.15) is 13.2 Å². The zero-order valence-corrected chi connectivity index (χ0v) is 13.3. The van der Waals surface area contributed by atoms with Crippen molar-refractivity contribution in [2.24, 2.45) is 0 Å². The van der Waals surface area contributed by atoms with Crippen LogP contribution in [0, 0.1) is 0 Å². The molecule has 0 radical (unpaired) electrons. The lowest BCUT2D eigenvalue weighted by Gasteiger charge is -2.05. The third-order valence-corrected chi connectivity index (χ3v) is 4.72. The molecule has 2 N–H and O–H groups in total. The van der Waals surface area contributed by atoms with Gasteiger partial charge in [-0.3, -0.25) is 0 Å². The van der Waals surface area contributed by atoms with Gasteiger partial charge in [0.25, 0.3) is 10.0 Å². The van der Waals surface area contributed by atoms with Gasteiger partial charge in [0.15, 0.2) is 0 Å². The van der Waals surface area contributed by atoms with Crippen LogP contribution in [0.25, 0.3) is 11.0 Å². The maximum atomic E-state index is 12.7. The summed E-state index contributed by atoms with van der Waals surface area (Å²) in [4.78, 5) is 6.35. The van der Waals surface area contributed by atoms with Gasteiger partial charge in [0, 0.05) is 5.02 Å². The summed E-state index contributed by atoms with van der Waals surface area (Å²) in [7, 11) is -3.97. The largest absolute Gasteiger partial charge is 0.416 e. The molecule has 1 heterocycles. The van der Waals surface area contributed by atoms with E-state index in [1.807, 2.05) is 0 Å². The number of halogens is 4. The molecule has 0 saturated carbocycles. The number of sulfonamides is 1. The predicted molar refractivity (Wildman–Crippen MR) is 83.4 cm³/mol. The second-order valence-corrected chi connectivity index (χ2v) is 7.00. The molecule has 24 heavy (non-hydrogen) atoms. The maximum absolute atomic E-state index is 12.7. The normalized spacial score (nSPS) is 12.5. The number of fused-ring (bicyclic) bond motifs is 1. The fourth-order valence-corrected chi connectivity index (χ4v) is 3.32. The second-order valence-electron chi connectivity index (χ2n) is 4.88. The standard InChI is InChI=1S/C14H9ClF3N3O2S/c15-9-2-1-3-10(7-9)24(22,23)21-13-19-11-5-4-8(14(16,17)18)6-12(11)20-13/h1-7H,(H2,19,20,21). The lowest BCUT2D eigenvalue weighted by molar-refractivity contribution is -0.137. The number of benzene rings is 2. The van der Waals surface area contributed by atoms with Crippen LogP contribution in [0.5, 0.6) is 0 Å². The molecule has 2 aromatic carbocycles. The number of hydrogen-bond donors (Lipinski definition) is 2. The van der Waals surface area contributed by atoms with E-state index in [1.165, 1.54) is 24.3 Å². The number of nitrogens with one attached hydrogen (secondary N) is 2. The number of nitrogens with zero attached hydrogens (tertiary/aromatic N) is 1. The number of rotatable bonds is 3. The molecule has 0 bridgehead atoms. The molecule has 0 spiro atoms. The van der Waals surface area contributed by atoms with Crippen molar-refractivity contribution >= 4 is 38.6 Å². The van der Waals surface area contributed by atoms with Crippen molar-refractivity contribution in [3.8, 4) is 0 Å². The summed E-state index contributed by atoms with van der Waals surface area (Å²) in [6.07, 6.45) is -4.50. The molecular formula is C14H9ClF3N3O2S. The van der Waals surface area contributed by atoms with E-state index >= 15 is 0 Å². The van der Waals surface area contributed by atoms with Gasteiger partial charge in [0.2, 0.25) is 5.95 Å². The van der Waals surface area contributed by atoms with Gasteiger partial charge in [-0.25, -0.2) is 18.1 Å². The molecule has 5 nitrogen and oxygen atoms in total. The molecule has 3 aromatic rings. The second kappa shape index (κ2) is 5.67. The van der Waals surface area contributed by atoms with E-state index in [1.54, 1.807) is 0 Å². The van der Waals surface area contributed by atoms with Crippen LogP contribution in [0.1, 0.15) is 5.56 Å². The summed E-state index contributed by atoms with van der Waals surface area (Å²) >= 11 is 5.76. The maximum Gasteiger partial charge on any atom is 0.416 e. The van der Waals surface area contributed by atoms with Crippen molar-refractivity contribution in [3.63, 3.8) is 0 Å². The first kappa shape index (κ1) is 16.6. The highest BCUT2D eigenvalue weighted by atomic mass is 35.5. The molecule has 10 heteroatoms. The first-order chi connectivity index (χ1) is 11.1. The van der Waals surface area contributed by atoms with E-state index in [0.717, 1.165) is 18.2 Å². The molecule has 0 fully saturated rings. The van der Waals surface area contributed by atoms with Crippen molar-refractivity contribution in [1.82, 2.24) is 9.97 Å². The number of aromatic amines is 1. The molecule has 0 atom stereocenters. The number of hydrogen-bond acceptors (Lipinski definition) is 3. The summed E-state index contributed by atoms with van der Waals surface area (Å²) in [5.74, 6) is -0.190. The highest BCUT2D eigenvalue weighted by Crippen LogP contribution is 2.31. The van der Waals surface area contributed by atoms with Crippen LogP contribution in [0.4, 0.5) is 19.1 Å². The van der Waals surface area contributed by atoms with Crippen LogP contribution >= 0.6 is 11.6 Å². The van der Waals surface area contributed by atoms with E-state index in [4.69, 9.17) is 11.6 Å². The van der Waals surface area contributed by atoms with Gasteiger partial charge in [-0.15, -0.1) is 0 Å². The minimum absolute atomic E-state index is 0.0635. The molecule has 0 amide bonds. The molecule has 0 aliphatic rings. The Morgan fingerprint density at radius 3 is 2.54 bits per heavy atom. The summed E-state index contributed by atoms with van der Waals surface area (Å²) in [5.41, 5.74) is -0.594. The third kappa shape index (κ3) is 3.31. The Balaban J connectivity index is 1.95. The van der Waals surface area contributed by atoms with Gasteiger partial charge < -0.3 is 4.98 Å². The van der Waals surface area contributed by atoms with Crippen molar-refractivity contribution in [2.45, 2.75) is 11.1 Å². The Morgan fingerprint density at radius 2 is 1.88 bits per heavy atom. The van der Waals surface area contributed by atoms with E-state index in [9.17, 15) is 21.6 Å². The number of H-pyrrole nitrogens is 1. The number of aromatic nitrogens is 2. The number of anilines is 1. The van der Waals surface area contributed by atoms with E-state index in [0.29, 0.717) is 0 Å². The molecule has 0 aliphatic carbocycles. The van der Waals surface area contributed by atoms with Gasteiger partial charge in [-0.1, -0.05) is 17.7 Å². The van der Waals surface area contributed by atoms with Crippen molar-refractivity contribution in [3.05, 3.63) is 53.1 Å². The SMILES string of the molecule is O=S(=O)(Nc1nc2ccc(C(F)(F)F)cc2[nH]1)c1cccc(Cl)c1. The third-order valence-electron chi connectivity index (χ3n) is 3.15. The van der Waals surface area contributed by atoms with Gasteiger partial charge in [0.1, 0.15) is 0 Å². The zero-order chi connectivity index (χ0) is 17.5. The zero-order valence-electron chi connectivity index (χ0n) is 11.7. The lowest BCUT2D eigenvalue weighted by Crippen LogP contribution is -2.13. The fourth-order valence-electron chi connectivity index (χ4n) is 2.05. The van der Waals surface area contributed by atoms with E-state index in [2.05, 4.69) is 14.7 Å². The topological polar surface area (TPSA) is 74.8 Å². The summed E-state index contributed by atoms with van der Waals surface area (Å²) in [5, 5.41) is 0.234. The molecule has 0 unspecified atom stereocenters. The quantitative estimate of drug-likeness (QED) is 0.725. The Kier molecular flexibility index (Phi) is 3.92. The monoisotopic (exact) mass is 375 g/mol. The molecule has 0 aliphatic heterocycles. The van der Waals surface area contributed by atoms with Crippen LogP contribution < -0.4 is 4.72 Å². The minimum Gasteiger partial charge on any atom is -0.323 e. The van der Waals surface area contributed by atoms with Crippen LogP contribution in [0.2, 0.25) is 5.02 Å². The smallest absolute Gasteiger partial charge is 0.323 e. The Morgan fingerprint density at radius 1 is 1.12 bits per heavy atom. The van der Waals surface area contributed by atoms with Crippen LogP contribution in [-0.2, 0) is 16.2 Å². The average Bonchev–Trinajstić information content (AvgIpc) is 2.86. The highest BCUT2D eigenvalue weighted by molar-refractivity contribution is 7.92. The number of alkyl halides is 3. The van der Waals surface area contributed by atoms with Gasteiger partial charge in [0.05, 0.1) is 21.5 Å². The van der Waals surface area contributed by atoms with Crippen molar-refractivity contribution in [2.75, 3.05) is 4.72 Å². The summed E-state index contributed by atoms with van der Waals surface area (Å²) < 4.78 is 64.8. The fraction of sp³-hybridized carbons (Fsp3) is 0.0714. The Hall–Kier alpha value is -2.26. The predicted octanol–water partition coefficient (Wildman–Crippen LogP) is 4.04. The van der Waals surface area contributed by atoms with E-state index in [-0.39, 0.29) is 26.9 Å². The lowest BCUT2D eigenvalue weighted by atomic mass is 10.2. The van der Waals surface area contributed by atoms with E-state index < -0.39 is 21.8 Å².